The lowest BCUT2D eigenvalue weighted by molar-refractivity contribution is -0.615. The number of hydrogen-bond donors (Lipinski definition) is 3. The van der Waals surface area contributed by atoms with E-state index in [4.69, 9.17) is 5.73 Å². The molecule has 0 atom stereocenters. The fraction of sp³-hybridized carbons (Fsp3) is 0. The predicted octanol–water partition coefficient (Wildman–Crippen LogP) is 1.92. The highest BCUT2D eigenvalue weighted by Gasteiger charge is 2.15. The number of hydrogen-bond acceptors (Lipinski definition) is 5. The first-order valence-corrected chi connectivity index (χ1v) is 6.93. The summed E-state index contributed by atoms with van der Waals surface area (Å²) in [5.41, 5.74) is 13.6. The van der Waals surface area contributed by atoms with Crippen molar-refractivity contribution in [2.24, 2.45) is 0 Å². The molecule has 98 valence electrons. The van der Waals surface area contributed by atoms with E-state index in [-0.39, 0.29) is 0 Å². The molecule has 0 saturated heterocycles. The molecule has 0 aliphatic heterocycles. The van der Waals surface area contributed by atoms with Crippen molar-refractivity contribution in [2.75, 3.05) is 11.2 Å². The lowest BCUT2D eigenvalue weighted by Gasteiger charge is -2.03. The quantitative estimate of drug-likeness (QED) is 0.491. The molecule has 4 aromatic rings. The summed E-state index contributed by atoms with van der Waals surface area (Å²) in [5.74, 6) is 0. The van der Waals surface area contributed by atoms with E-state index in [2.05, 4.69) is 20.4 Å². The van der Waals surface area contributed by atoms with Crippen LogP contribution in [0.4, 0.5) is 11.4 Å². The van der Waals surface area contributed by atoms with Crippen LogP contribution in [0.1, 0.15) is 0 Å². The largest absolute Gasteiger partial charge is 0.397 e. The van der Waals surface area contributed by atoms with Gasteiger partial charge in [0.15, 0.2) is 5.65 Å². The smallest absolute Gasteiger partial charge is 0.255 e. The number of nitrogens with zero attached hydrogens (tertiary/aromatic N) is 3. The molecule has 0 aliphatic carbocycles. The number of pyridine rings is 2. The second kappa shape index (κ2) is 4.17. The highest BCUT2D eigenvalue weighted by atomic mass is 32.1. The van der Waals surface area contributed by atoms with Crippen LogP contribution < -0.4 is 15.8 Å². The van der Waals surface area contributed by atoms with Gasteiger partial charge in [0, 0.05) is 18.3 Å². The maximum Gasteiger partial charge on any atom is 0.255 e. The first kappa shape index (κ1) is 11.2. The Bertz CT molecular complexity index is 909. The van der Waals surface area contributed by atoms with Crippen LogP contribution in [-0.2, 0) is 0 Å². The van der Waals surface area contributed by atoms with E-state index in [1.165, 1.54) is 0 Å². The molecule has 0 radical (unpaired) electrons. The summed E-state index contributed by atoms with van der Waals surface area (Å²) in [4.78, 5) is 11.4. The molecule has 6 nitrogen and oxygen atoms in total. The van der Waals surface area contributed by atoms with Crippen LogP contribution in [0.3, 0.4) is 0 Å². The Hall–Kier alpha value is -2.67. The molecule has 0 spiro atoms. The molecular formula is C13H11N6S+. The Morgan fingerprint density at radius 1 is 1.25 bits per heavy atom. The Morgan fingerprint density at radius 3 is 3.15 bits per heavy atom. The Kier molecular flexibility index (Phi) is 2.33. The fourth-order valence-electron chi connectivity index (χ4n) is 2.19. The molecule has 4 aromatic heterocycles. The van der Waals surface area contributed by atoms with Gasteiger partial charge in [0.1, 0.15) is 15.9 Å². The van der Waals surface area contributed by atoms with E-state index >= 15 is 0 Å². The summed E-state index contributed by atoms with van der Waals surface area (Å²) in [6.45, 7) is 0. The molecular weight excluding hydrogens is 272 g/mol. The minimum absolute atomic E-state index is 0.688. The van der Waals surface area contributed by atoms with Crippen molar-refractivity contribution in [3.8, 4) is 0 Å². The van der Waals surface area contributed by atoms with E-state index < -0.39 is 0 Å². The third-order valence-corrected chi connectivity index (χ3v) is 4.09. The van der Waals surface area contributed by atoms with Gasteiger partial charge in [-0.3, -0.25) is 0 Å². The molecule has 4 heterocycles. The number of nitrogens with two attached hydrogens (primary N) is 1. The van der Waals surface area contributed by atoms with Gasteiger partial charge >= 0.3 is 0 Å². The molecule has 0 bridgehead atoms. The van der Waals surface area contributed by atoms with Crippen LogP contribution >= 0.6 is 11.3 Å². The van der Waals surface area contributed by atoms with Gasteiger partial charge in [0.2, 0.25) is 6.20 Å². The summed E-state index contributed by atoms with van der Waals surface area (Å²) in [6, 6.07) is 5.83. The molecule has 0 aliphatic rings. The number of anilines is 2. The second-order valence-corrected chi connectivity index (χ2v) is 5.26. The van der Waals surface area contributed by atoms with Gasteiger partial charge in [-0.25, -0.2) is 9.97 Å². The zero-order valence-electron chi connectivity index (χ0n) is 10.4. The van der Waals surface area contributed by atoms with Crippen molar-refractivity contribution in [1.29, 1.82) is 0 Å². The van der Waals surface area contributed by atoms with Gasteiger partial charge in [0.25, 0.3) is 5.52 Å². The van der Waals surface area contributed by atoms with Crippen LogP contribution in [-0.4, -0.2) is 15.0 Å². The highest BCUT2D eigenvalue weighted by Crippen LogP contribution is 2.24. The maximum atomic E-state index is 5.98. The first-order valence-electron chi connectivity index (χ1n) is 6.05. The van der Waals surface area contributed by atoms with Crippen LogP contribution in [0.15, 0.2) is 42.3 Å². The maximum absolute atomic E-state index is 5.98. The summed E-state index contributed by atoms with van der Waals surface area (Å²) in [7, 11) is 0. The average Bonchev–Trinajstić information content (AvgIpc) is 3.10. The topological polar surface area (TPSA) is 83.5 Å². The standard InChI is InChI=1S/C13H10N6S/c14-8-2-5-19(10-3-6-20-12(8)10)18-9-1-4-15-13-11(9)16-7-17-13/h1-7,14H,(H2,15,16,17,18)/p+1. The van der Waals surface area contributed by atoms with Gasteiger partial charge in [-0.2, -0.15) is 5.43 Å². The summed E-state index contributed by atoms with van der Waals surface area (Å²) >= 11 is 1.63. The van der Waals surface area contributed by atoms with Crippen molar-refractivity contribution in [3.05, 3.63) is 42.3 Å². The van der Waals surface area contributed by atoms with E-state index in [9.17, 15) is 0 Å². The third kappa shape index (κ3) is 1.60. The lowest BCUT2D eigenvalue weighted by Crippen LogP contribution is -2.42. The lowest BCUT2D eigenvalue weighted by atomic mass is 10.3. The SMILES string of the molecule is Nc1cc[n+](Nc2ccnc3nc[nH]c23)c2ccsc12. The Labute approximate surface area is 117 Å². The summed E-state index contributed by atoms with van der Waals surface area (Å²) in [5, 5.41) is 2.03. The van der Waals surface area contributed by atoms with Gasteiger partial charge in [-0.05, 0) is 11.4 Å². The van der Waals surface area contributed by atoms with Crippen molar-refractivity contribution in [1.82, 2.24) is 15.0 Å². The number of aromatic amines is 1. The second-order valence-electron chi connectivity index (χ2n) is 4.35. The molecule has 7 heteroatoms. The first-order chi connectivity index (χ1) is 9.83. The van der Waals surface area contributed by atoms with Crippen LogP contribution in [0, 0.1) is 0 Å². The zero-order chi connectivity index (χ0) is 13.5. The van der Waals surface area contributed by atoms with Crippen molar-refractivity contribution in [3.63, 3.8) is 0 Å². The molecule has 4 rings (SSSR count). The molecule has 0 amide bonds. The monoisotopic (exact) mass is 283 g/mol. The fourth-order valence-corrected chi connectivity index (χ4v) is 3.01. The number of rotatable bonds is 2. The van der Waals surface area contributed by atoms with E-state index in [0.717, 1.165) is 27.1 Å². The van der Waals surface area contributed by atoms with Crippen LogP contribution in [0.25, 0.3) is 21.4 Å². The van der Waals surface area contributed by atoms with E-state index in [1.807, 2.05) is 34.5 Å². The van der Waals surface area contributed by atoms with E-state index in [0.29, 0.717) is 5.65 Å². The van der Waals surface area contributed by atoms with Gasteiger partial charge in [-0.15, -0.1) is 11.3 Å². The van der Waals surface area contributed by atoms with E-state index in [1.54, 1.807) is 23.9 Å². The summed E-state index contributed by atoms with van der Waals surface area (Å²) < 4.78 is 3.01. The minimum Gasteiger partial charge on any atom is -0.397 e. The predicted molar refractivity (Wildman–Crippen MR) is 79.3 cm³/mol. The van der Waals surface area contributed by atoms with Crippen LogP contribution in [0.5, 0.6) is 0 Å². The number of H-pyrrole nitrogens is 1. The van der Waals surface area contributed by atoms with Crippen molar-refractivity contribution >= 4 is 44.1 Å². The molecule has 4 N–H and O–H groups in total. The number of nitrogen functional groups attached to an aromatic ring is 1. The van der Waals surface area contributed by atoms with Crippen molar-refractivity contribution in [2.45, 2.75) is 0 Å². The molecule has 20 heavy (non-hydrogen) atoms. The molecule has 0 saturated carbocycles. The van der Waals surface area contributed by atoms with Gasteiger partial charge in [0.05, 0.1) is 12.0 Å². The number of thiophene rings is 1. The Balaban J connectivity index is 1.87. The number of imidazole rings is 1. The number of fused-ring (bicyclic) bond motifs is 2. The van der Waals surface area contributed by atoms with Crippen LogP contribution in [0.2, 0.25) is 0 Å². The Morgan fingerprint density at radius 2 is 2.20 bits per heavy atom. The zero-order valence-corrected chi connectivity index (χ0v) is 11.2. The average molecular weight is 283 g/mol. The van der Waals surface area contributed by atoms with Gasteiger partial charge in [-0.1, -0.05) is 4.68 Å². The molecule has 0 fully saturated rings. The van der Waals surface area contributed by atoms with Gasteiger partial charge < -0.3 is 10.7 Å². The molecule has 0 aromatic carbocycles. The molecule has 0 unspecified atom stereocenters. The minimum atomic E-state index is 0.688. The number of nitrogens with one attached hydrogen (secondary N) is 2. The summed E-state index contributed by atoms with van der Waals surface area (Å²) in [6.07, 6.45) is 5.28. The third-order valence-electron chi connectivity index (χ3n) is 3.14. The number of aromatic nitrogens is 4. The highest BCUT2D eigenvalue weighted by molar-refractivity contribution is 7.17. The van der Waals surface area contributed by atoms with Crippen molar-refractivity contribution < 1.29 is 4.68 Å². The normalized spacial score (nSPS) is 11.2.